The van der Waals surface area contributed by atoms with Gasteiger partial charge in [-0.2, -0.15) is 0 Å². The molecule has 5 rings (SSSR count). The van der Waals surface area contributed by atoms with Gasteiger partial charge >= 0.3 is 23.9 Å². The number of unbranched alkanes of at least 4 members (excludes halogenated alkanes) is 10. The van der Waals surface area contributed by atoms with Crippen LogP contribution in [0.25, 0.3) is 22.8 Å². The van der Waals surface area contributed by atoms with Crippen molar-refractivity contribution in [3.05, 3.63) is 110 Å². The molecule has 1 fully saturated rings. The molecule has 0 N–H and O–H groups in total. The zero-order chi connectivity index (χ0) is 45.2. The molecular formula is C48H56N4O12. The maximum Gasteiger partial charge on any atom is 0.343 e. The lowest BCUT2D eigenvalue weighted by atomic mass is 10.1. The van der Waals surface area contributed by atoms with E-state index in [1.54, 1.807) is 0 Å². The number of esters is 4. The van der Waals surface area contributed by atoms with E-state index in [9.17, 15) is 19.2 Å². The average Bonchev–Trinajstić information content (AvgIpc) is 3.33. The van der Waals surface area contributed by atoms with Crippen LogP contribution in [0.5, 0.6) is 11.5 Å². The van der Waals surface area contributed by atoms with Crippen molar-refractivity contribution in [1.29, 1.82) is 0 Å². The SMILES string of the molecule is C=CC(=O)OCCCCCCCCOc1ccc(-c2ncc(C(=O)OC3OCCOC3OC(=O)c3cnc(-c4ccc(OCCCCCCCCOC(=O)C=C)cc4)nc3)cn2)cc1. The topological polar surface area (TPSA) is 194 Å². The lowest BCUT2D eigenvalue weighted by Crippen LogP contribution is -2.44. The molecule has 0 saturated carbocycles. The fraction of sp³-hybridized carbons (Fsp3) is 0.417. The Balaban J connectivity index is 0.987. The van der Waals surface area contributed by atoms with Crippen molar-refractivity contribution in [1.82, 2.24) is 19.9 Å². The van der Waals surface area contributed by atoms with Gasteiger partial charge in [0.2, 0.25) is 0 Å². The summed E-state index contributed by atoms with van der Waals surface area (Å²) >= 11 is 0. The predicted octanol–water partition coefficient (Wildman–Crippen LogP) is 8.21. The molecule has 0 amide bonds. The Morgan fingerprint density at radius 1 is 0.500 bits per heavy atom. The van der Waals surface area contributed by atoms with Gasteiger partial charge in [0.05, 0.1) is 50.8 Å². The van der Waals surface area contributed by atoms with E-state index in [-0.39, 0.29) is 36.3 Å². The molecular weight excluding hydrogens is 825 g/mol. The van der Waals surface area contributed by atoms with Crippen LogP contribution in [0, 0.1) is 0 Å². The molecule has 0 bridgehead atoms. The zero-order valence-corrected chi connectivity index (χ0v) is 36.1. The molecule has 0 aliphatic carbocycles. The summed E-state index contributed by atoms with van der Waals surface area (Å²) < 4.78 is 43.9. The van der Waals surface area contributed by atoms with Gasteiger partial charge in [-0.3, -0.25) is 0 Å². The van der Waals surface area contributed by atoms with Crippen molar-refractivity contribution in [3.8, 4) is 34.3 Å². The van der Waals surface area contributed by atoms with E-state index in [4.69, 9.17) is 37.9 Å². The first kappa shape index (κ1) is 48.5. The Labute approximate surface area is 373 Å². The molecule has 16 heteroatoms. The summed E-state index contributed by atoms with van der Waals surface area (Å²) in [6.45, 7) is 9.03. The minimum Gasteiger partial charge on any atom is -0.494 e. The average molecular weight is 881 g/mol. The minimum atomic E-state index is -1.34. The van der Waals surface area contributed by atoms with Crippen molar-refractivity contribution in [2.45, 2.75) is 89.6 Å². The van der Waals surface area contributed by atoms with Crippen LogP contribution in [0.1, 0.15) is 97.8 Å². The Morgan fingerprint density at radius 2 is 0.828 bits per heavy atom. The van der Waals surface area contributed by atoms with Crippen molar-refractivity contribution in [2.75, 3.05) is 39.6 Å². The number of carbonyl (C=O) groups is 4. The van der Waals surface area contributed by atoms with Gasteiger partial charge in [0, 0.05) is 48.1 Å². The van der Waals surface area contributed by atoms with Crippen LogP contribution in [0.2, 0.25) is 0 Å². The molecule has 340 valence electrons. The molecule has 2 unspecified atom stereocenters. The van der Waals surface area contributed by atoms with Gasteiger partial charge < -0.3 is 37.9 Å². The molecule has 1 aliphatic heterocycles. The maximum absolute atomic E-state index is 13.1. The van der Waals surface area contributed by atoms with Crippen molar-refractivity contribution < 1.29 is 57.1 Å². The summed E-state index contributed by atoms with van der Waals surface area (Å²) in [7, 11) is 0. The van der Waals surface area contributed by atoms with Gasteiger partial charge in [0.1, 0.15) is 11.5 Å². The Bertz CT molecular complexity index is 1910. The van der Waals surface area contributed by atoms with Crippen LogP contribution in [0.4, 0.5) is 0 Å². The maximum atomic E-state index is 13.1. The third kappa shape index (κ3) is 17.0. The number of carbonyl (C=O) groups excluding carboxylic acids is 4. The number of benzene rings is 2. The summed E-state index contributed by atoms with van der Waals surface area (Å²) in [6, 6.07) is 14.7. The Hall–Kier alpha value is -6.52. The highest BCUT2D eigenvalue weighted by atomic mass is 16.8. The number of rotatable bonds is 28. The van der Waals surface area contributed by atoms with E-state index >= 15 is 0 Å². The van der Waals surface area contributed by atoms with Crippen LogP contribution < -0.4 is 9.47 Å². The fourth-order valence-electron chi connectivity index (χ4n) is 6.24. The van der Waals surface area contributed by atoms with Gasteiger partial charge in [-0.15, -0.1) is 0 Å². The number of ether oxygens (including phenoxy) is 8. The second kappa shape index (κ2) is 27.5. The third-order valence-electron chi connectivity index (χ3n) is 9.75. The first-order chi connectivity index (χ1) is 31.3. The molecule has 1 saturated heterocycles. The van der Waals surface area contributed by atoms with Crippen LogP contribution >= 0.6 is 0 Å². The van der Waals surface area contributed by atoms with Crippen LogP contribution in [-0.4, -0.2) is 96.0 Å². The largest absolute Gasteiger partial charge is 0.494 e. The number of hydrogen-bond acceptors (Lipinski definition) is 16. The van der Waals surface area contributed by atoms with E-state index in [1.165, 1.54) is 36.9 Å². The summed E-state index contributed by atoms with van der Waals surface area (Å²) in [5.74, 6) is -0.0931. The van der Waals surface area contributed by atoms with E-state index in [1.807, 2.05) is 48.5 Å². The number of nitrogens with zero attached hydrogens (tertiary/aromatic N) is 4. The molecule has 4 aromatic rings. The first-order valence-electron chi connectivity index (χ1n) is 21.7. The lowest BCUT2D eigenvalue weighted by Gasteiger charge is -2.30. The second-order valence-electron chi connectivity index (χ2n) is 14.6. The van der Waals surface area contributed by atoms with E-state index in [0.717, 1.165) is 99.7 Å². The van der Waals surface area contributed by atoms with Gasteiger partial charge in [0.15, 0.2) is 11.6 Å². The quantitative estimate of drug-likeness (QED) is 0.0229. The molecule has 64 heavy (non-hydrogen) atoms. The van der Waals surface area contributed by atoms with Crippen molar-refractivity contribution in [3.63, 3.8) is 0 Å². The first-order valence-corrected chi connectivity index (χ1v) is 21.7. The summed E-state index contributed by atoms with van der Waals surface area (Å²) in [4.78, 5) is 65.5. The van der Waals surface area contributed by atoms with Gasteiger partial charge in [0.25, 0.3) is 12.6 Å². The van der Waals surface area contributed by atoms with Crippen LogP contribution in [-0.2, 0) is 38.0 Å². The highest BCUT2D eigenvalue weighted by Crippen LogP contribution is 2.23. The second-order valence-corrected chi connectivity index (χ2v) is 14.6. The van der Waals surface area contributed by atoms with Crippen LogP contribution in [0.3, 0.4) is 0 Å². The fourth-order valence-corrected chi connectivity index (χ4v) is 6.24. The summed E-state index contributed by atoms with van der Waals surface area (Å²) in [5, 5.41) is 0. The predicted molar refractivity (Wildman–Crippen MR) is 234 cm³/mol. The van der Waals surface area contributed by atoms with E-state index in [0.29, 0.717) is 38.1 Å². The highest BCUT2D eigenvalue weighted by Gasteiger charge is 2.35. The van der Waals surface area contributed by atoms with Crippen LogP contribution in [0.15, 0.2) is 98.6 Å². The minimum absolute atomic E-state index is 0.0630. The Kier molecular flexibility index (Phi) is 20.9. The molecule has 1 aliphatic rings. The molecule has 2 atom stereocenters. The van der Waals surface area contributed by atoms with Crippen molar-refractivity contribution in [2.24, 2.45) is 0 Å². The monoisotopic (exact) mass is 880 g/mol. The number of hydrogen-bond donors (Lipinski definition) is 0. The zero-order valence-electron chi connectivity index (χ0n) is 36.1. The molecule has 2 aromatic carbocycles. The highest BCUT2D eigenvalue weighted by molar-refractivity contribution is 5.90. The Morgan fingerprint density at radius 3 is 1.17 bits per heavy atom. The molecule has 0 spiro atoms. The molecule has 16 nitrogen and oxygen atoms in total. The summed E-state index contributed by atoms with van der Waals surface area (Å²) in [6.07, 6.45) is 17.0. The normalized spacial score (nSPS) is 14.4. The molecule has 3 heterocycles. The van der Waals surface area contributed by atoms with E-state index < -0.39 is 24.5 Å². The third-order valence-corrected chi connectivity index (χ3v) is 9.75. The van der Waals surface area contributed by atoms with Gasteiger partial charge in [-0.05, 0) is 74.2 Å². The van der Waals surface area contributed by atoms with Gasteiger partial charge in [-0.1, -0.05) is 64.5 Å². The molecule has 0 radical (unpaired) electrons. The smallest absolute Gasteiger partial charge is 0.343 e. The van der Waals surface area contributed by atoms with Crippen molar-refractivity contribution >= 4 is 23.9 Å². The van der Waals surface area contributed by atoms with Gasteiger partial charge in [-0.25, -0.2) is 39.1 Å². The lowest BCUT2D eigenvalue weighted by molar-refractivity contribution is -0.288. The van der Waals surface area contributed by atoms with E-state index in [2.05, 4.69) is 33.1 Å². The number of aromatic nitrogens is 4. The standard InChI is InChI=1S/C48H56N4O12/c1-3-41(53)59-27-15-11-7-5-9-13-25-57-39-21-17-35(18-22-39)43-49-31-37(32-50-43)45(55)63-47-48(62-30-29-61-47)64-46(56)38-33-51-44(52-34-38)36-19-23-40(24-20-36)58-26-14-10-6-8-12-16-28-60-42(54)4-2/h3-4,17-24,31-34,47-48H,1-2,5-16,25-30H2. The summed E-state index contributed by atoms with van der Waals surface area (Å²) in [5.41, 5.74) is 1.59. The molecule has 2 aromatic heterocycles.